The lowest BCUT2D eigenvalue weighted by molar-refractivity contribution is 0.620. The van der Waals surface area contributed by atoms with Gasteiger partial charge in [0, 0.05) is 45.0 Å². The summed E-state index contributed by atoms with van der Waals surface area (Å²) in [5.41, 5.74) is 14.5. The van der Waals surface area contributed by atoms with Crippen LogP contribution in [-0.2, 0) is 0 Å². The zero-order chi connectivity index (χ0) is 32.1. The first-order valence-corrected chi connectivity index (χ1v) is 16.7. The Morgan fingerprint density at radius 1 is 0.490 bits per heavy atom. The summed E-state index contributed by atoms with van der Waals surface area (Å²) in [4.78, 5) is 9.84. The van der Waals surface area contributed by atoms with Crippen LogP contribution in [0.4, 0.5) is 22.7 Å². The number of anilines is 4. The van der Waals surface area contributed by atoms with E-state index in [1.807, 2.05) is 0 Å². The van der Waals surface area contributed by atoms with Crippen LogP contribution in [-0.4, -0.2) is 16.5 Å². The first-order chi connectivity index (χ1) is 24.3. The predicted octanol–water partition coefficient (Wildman–Crippen LogP) is 10.3. The smallest absolute Gasteiger partial charge is 0.421 e. The molecule has 4 heterocycles. The predicted molar refractivity (Wildman–Crippen MR) is 202 cm³/mol. The number of fused-ring (bicyclic) bond motifs is 12. The van der Waals surface area contributed by atoms with Crippen LogP contribution in [0.1, 0.15) is 0 Å². The molecule has 2 aliphatic heterocycles. The zero-order valence-corrected chi connectivity index (χ0v) is 26.4. The van der Waals surface area contributed by atoms with Gasteiger partial charge in [-0.25, -0.2) is 4.98 Å². The number of aromatic nitrogens is 2. The Hall–Kier alpha value is -6.53. The molecule has 6 heteroatoms. The average molecular weight is 627 g/mol. The Labute approximate surface area is 283 Å². The maximum absolute atomic E-state index is 6.52. The molecule has 0 unspecified atom stereocenters. The Balaban J connectivity index is 1.00. The van der Waals surface area contributed by atoms with E-state index in [1.165, 1.54) is 55.5 Å². The first-order valence-electron chi connectivity index (χ1n) is 16.7. The van der Waals surface area contributed by atoms with Gasteiger partial charge in [0.05, 0.1) is 22.4 Å². The van der Waals surface area contributed by atoms with Gasteiger partial charge in [0.25, 0.3) is 0 Å². The van der Waals surface area contributed by atoms with Crippen molar-refractivity contribution in [1.29, 1.82) is 0 Å². The number of oxazole rings is 1. The summed E-state index contributed by atoms with van der Waals surface area (Å²) in [6.45, 7) is -0.0308. The van der Waals surface area contributed by atoms with Gasteiger partial charge in [-0.15, -0.1) is 0 Å². The summed E-state index contributed by atoms with van der Waals surface area (Å²) in [6.07, 6.45) is 0. The first kappa shape index (κ1) is 26.5. The van der Waals surface area contributed by atoms with E-state index < -0.39 is 0 Å². The van der Waals surface area contributed by atoms with Gasteiger partial charge in [0.15, 0.2) is 5.58 Å². The summed E-state index contributed by atoms with van der Waals surface area (Å²) in [6, 6.07) is 58.3. The summed E-state index contributed by atoms with van der Waals surface area (Å²) in [7, 11) is 0. The molecular formula is C43H27BN4O. The molecule has 0 radical (unpaired) electrons. The van der Waals surface area contributed by atoms with E-state index >= 15 is 0 Å². The second-order valence-corrected chi connectivity index (χ2v) is 12.8. The molecule has 0 saturated heterocycles. The number of para-hydroxylation sites is 5. The third-order valence-electron chi connectivity index (χ3n) is 10.2. The highest BCUT2D eigenvalue weighted by Crippen LogP contribution is 2.51. The lowest BCUT2D eigenvalue weighted by Crippen LogP contribution is -2.55. The van der Waals surface area contributed by atoms with E-state index in [1.54, 1.807) is 0 Å². The molecule has 0 N–H and O–H groups in total. The summed E-state index contributed by atoms with van der Waals surface area (Å²) < 4.78 is 8.84. The molecule has 7 aromatic carbocycles. The third-order valence-corrected chi connectivity index (χ3v) is 10.2. The molecule has 9 aromatic rings. The minimum Gasteiger partial charge on any atom is -0.436 e. The molecule has 2 aliphatic rings. The van der Waals surface area contributed by atoms with E-state index in [4.69, 9.17) is 9.40 Å². The maximum atomic E-state index is 6.52. The van der Waals surface area contributed by atoms with Crippen LogP contribution in [0.3, 0.4) is 0 Å². The van der Waals surface area contributed by atoms with Crippen molar-refractivity contribution in [3.05, 3.63) is 164 Å². The van der Waals surface area contributed by atoms with E-state index in [9.17, 15) is 0 Å². The summed E-state index contributed by atoms with van der Waals surface area (Å²) in [5.74, 6) is 0.612. The highest BCUT2D eigenvalue weighted by Gasteiger charge is 2.47. The van der Waals surface area contributed by atoms with Crippen LogP contribution in [0.25, 0.3) is 61.2 Å². The van der Waals surface area contributed by atoms with Gasteiger partial charge < -0.3 is 18.6 Å². The molecule has 2 aromatic heterocycles. The van der Waals surface area contributed by atoms with Gasteiger partial charge in [-0.05, 0) is 77.8 Å². The molecule has 0 bridgehead atoms. The third kappa shape index (κ3) is 3.74. The van der Waals surface area contributed by atoms with Crippen molar-refractivity contribution in [2.75, 3.05) is 9.62 Å². The van der Waals surface area contributed by atoms with Gasteiger partial charge in [-0.2, -0.15) is 0 Å². The Morgan fingerprint density at radius 3 is 1.84 bits per heavy atom. The van der Waals surface area contributed by atoms with Crippen LogP contribution in [0.15, 0.2) is 168 Å². The van der Waals surface area contributed by atoms with E-state index in [2.05, 4.69) is 178 Å². The molecular weight excluding hydrogens is 599 g/mol. The maximum Gasteiger partial charge on any atom is 0.421 e. The standard InChI is InChI=1S/C43H27BN4O/c1-5-15-35-31(11-1)32-12-4-8-18-39(32)48-41-20-10-9-19-40(41)47(44(35)48)30-25-26-36-42(27-30)49-43(45-36)28-21-23-29(24-22-28)46-37-16-6-2-13-33(37)34-14-3-7-17-38(34)46/h1-27H. The van der Waals surface area contributed by atoms with Crippen molar-refractivity contribution >= 4 is 68.1 Å². The van der Waals surface area contributed by atoms with Crippen LogP contribution < -0.4 is 15.1 Å². The fourth-order valence-corrected chi connectivity index (χ4v) is 8.09. The molecule has 0 amide bonds. The van der Waals surface area contributed by atoms with Crippen molar-refractivity contribution in [2.45, 2.75) is 0 Å². The second-order valence-electron chi connectivity index (χ2n) is 12.8. The van der Waals surface area contributed by atoms with Gasteiger partial charge in [0.1, 0.15) is 5.52 Å². The molecule has 11 rings (SSSR count). The molecule has 0 fully saturated rings. The Morgan fingerprint density at radius 2 is 1.08 bits per heavy atom. The molecule has 228 valence electrons. The van der Waals surface area contributed by atoms with Crippen molar-refractivity contribution in [2.24, 2.45) is 0 Å². The molecule has 5 nitrogen and oxygen atoms in total. The minimum absolute atomic E-state index is 0.0308. The van der Waals surface area contributed by atoms with Gasteiger partial charge in [-0.3, -0.25) is 0 Å². The minimum atomic E-state index is -0.0308. The average Bonchev–Trinajstić information content (AvgIpc) is 3.85. The van der Waals surface area contributed by atoms with Gasteiger partial charge >= 0.3 is 6.98 Å². The number of nitrogens with zero attached hydrogens (tertiary/aromatic N) is 4. The van der Waals surface area contributed by atoms with Crippen molar-refractivity contribution in [3.8, 4) is 28.3 Å². The summed E-state index contributed by atoms with van der Waals surface area (Å²) in [5, 5.41) is 2.50. The van der Waals surface area contributed by atoms with Gasteiger partial charge in [0.2, 0.25) is 5.89 Å². The summed E-state index contributed by atoms with van der Waals surface area (Å²) >= 11 is 0. The van der Waals surface area contributed by atoms with Crippen molar-refractivity contribution < 1.29 is 4.42 Å². The highest BCUT2D eigenvalue weighted by molar-refractivity contribution is 6.86. The number of hydrogen-bond acceptors (Lipinski definition) is 4. The molecule has 0 aliphatic carbocycles. The molecule has 0 atom stereocenters. The lowest BCUT2D eigenvalue weighted by Gasteiger charge is -2.36. The number of hydrogen-bond donors (Lipinski definition) is 0. The largest absolute Gasteiger partial charge is 0.436 e. The quantitative estimate of drug-likeness (QED) is 0.183. The fourth-order valence-electron chi connectivity index (χ4n) is 8.09. The normalized spacial score (nSPS) is 13.2. The van der Waals surface area contributed by atoms with Crippen LogP contribution in [0.2, 0.25) is 0 Å². The molecule has 0 saturated carbocycles. The van der Waals surface area contributed by atoms with Crippen molar-refractivity contribution in [1.82, 2.24) is 9.55 Å². The highest BCUT2D eigenvalue weighted by atomic mass is 16.3. The van der Waals surface area contributed by atoms with Crippen LogP contribution in [0.5, 0.6) is 0 Å². The van der Waals surface area contributed by atoms with E-state index in [0.717, 1.165) is 28.0 Å². The number of benzene rings is 7. The van der Waals surface area contributed by atoms with E-state index in [0.29, 0.717) is 5.89 Å². The Kier molecular flexibility index (Phi) is 5.41. The van der Waals surface area contributed by atoms with E-state index in [-0.39, 0.29) is 6.98 Å². The molecule has 0 spiro atoms. The zero-order valence-electron chi connectivity index (χ0n) is 26.4. The topological polar surface area (TPSA) is 37.4 Å². The second kappa shape index (κ2) is 9.99. The van der Waals surface area contributed by atoms with Crippen LogP contribution >= 0.6 is 0 Å². The van der Waals surface area contributed by atoms with Crippen molar-refractivity contribution in [3.63, 3.8) is 0 Å². The molecule has 49 heavy (non-hydrogen) atoms. The lowest BCUT2D eigenvalue weighted by atomic mass is 9.59. The fraction of sp³-hybridized carbons (Fsp3) is 0. The SMILES string of the molecule is c1ccc2c(c1)B1N(c3ccc4nc(-c5ccc(-n6c7ccccc7c7ccccc76)cc5)oc4c3)c3ccccc3N1c1ccccc1-2. The van der Waals surface area contributed by atoms with Gasteiger partial charge in [-0.1, -0.05) is 91.0 Å². The van der Waals surface area contributed by atoms with Crippen LogP contribution in [0, 0.1) is 0 Å². The Bertz CT molecular complexity index is 2710. The number of rotatable bonds is 3. The monoisotopic (exact) mass is 626 g/mol.